The second-order valence-electron chi connectivity index (χ2n) is 7.09. The molecule has 2 aromatic rings. The van der Waals surface area contributed by atoms with Gasteiger partial charge in [-0.1, -0.05) is 73.5 Å². The van der Waals surface area contributed by atoms with Gasteiger partial charge in [-0.3, -0.25) is 0 Å². The molecule has 1 aliphatic heterocycles. The van der Waals surface area contributed by atoms with Crippen LogP contribution < -0.4 is 4.74 Å². The van der Waals surface area contributed by atoms with Crippen molar-refractivity contribution in [2.24, 2.45) is 0 Å². The van der Waals surface area contributed by atoms with Gasteiger partial charge in [0.15, 0.2) is 0 Å². The topological polar surface area (TPSA) is 12.5 Å². The summed E-state index contributed by atoms with van der Waals surface area (Å²) in [5.74, 6) is 0.981. The molecule has 0 spiro atoms. The van der Waals surface area contributed by atoms with Gasteiger partial charge < -0.3 is 9.64 Å². The van der Waals surface area contributed by atoms with E-state index in [2.05, 4.69) is 59.5 Å². The normalized spacial score (nSPS) is 15.8. The summed E-state index contributed by atoms with van der Waals surface area (Å²) in [5.41, 5.74) is 2.35. The molecule has 138 valence electrons. The number of nitrogens with zero attached hydrogens (tertiary/aromatic N) is 1. The molecule has 1 heterocycles. The molecule has 3 rings (SSSR count). The standard InChI is InChI=1S/C24H31NO/c1-2-9-19-25(18-8-1)20-10-11-21-26-24-15-7-6-14-23(24)17-16-22-12-4-3-5-13-22/h3-7,12-17H,1-2,8-11,18-21H2. The zero-order valence-corrected chi connectivity index (χ0v) is 15.8. The van der Waals surface area contributed by atoms with Gasteiger partial charge >= 0.3 is 0 Å². The first-order valence-electron chi connectivity index (χ1n) is 10.1. The highest BCUT2D eigenvalue weighted by Crippen LogP contribution is 2.21. The molecule has 0 unspecified atom stereocenters. The smallest absolute Gasteiger partial charge is 0.126 e. The lowest BCUT2D eigenvalue weighted by Crippen LogP contribution is -2.25. The zero-order valence-electron chi connectivity index (χ0n) is 15.8. The van der Waals surface area contributed by atoms with E-state index in [1.807, 2.05) is 12.1 Å². The predicted molar refractivity (Wildman–Crippen MR) is 111 cm³/mol. The number of rotatable bonds is 8. The van der Waals surface area contributed by atoms with Crippen LogP contribution in [0.3, 0.4) is 0 Å². The molecule has 0 saturated carbocycles. The van der Waals surface area contributed by atoms with Crippen molar-refractivity contribution in [1.29, 1.82) is 0 Å². The molecule has 0 aromatic heterocycles. The van der Waals surface area contributed by atoms with Crippen LogP contribution in [0.15, 0.2) is 54.6 Å². The number of ether oxygens (including phenoxy) is 1. The average molecular weight is 350 g/mol. The van der Waals surface area contributed by atoms with Crippen LogP contribution in [0.1, 0.15) is 49.7 Å². The Morgan fingerprint density at radius 2 is 1.50 bits per heavy atom. The van der Waals surface area contributed by atoms with Crippen molar-refractivity contribution < 1.29 is 4.74 Å². The molecule has 0 N–H and O–H groups in total. The van der Waals surface area contributed by atoms with Gasteiger partial charge in [0, 0.05) is 5.56 Å². The lowest BCUT2D eigenvalue weighted by atomic mass is 10.1. The Bertz CT molecular complexity index is 657. The van der Waals surface area contributed by atoms with E-state index in [0.29, 0.717) is 0 Å². The third-order valence-electron chi connectivity index (χ3n) is 5.00. The van der Waals surface area contributed by atoms with Crippen LogP contribution in [0.25, 0.3) is 12.2 Å². The van der Waals surface area contributed by atoms with Crippen molar-refractivity contribution >= 4 is 12.2 Å². The van der Waals surface area contributed by atoms with Crippen LogP contribution >= 0.6 is 0 Å². The van der Waals surface area contributed by atoms with Crippen molar-refractivity contribution in [3.63, 3.8) is 0 Å². The van der Waals surface area contributed by atoms with E-state index in [4.69, 9.17) is 4.74 Å². The molecule has 2 nitrogen and oxygen atoms in total. The number of hydrogen-bond acceptors (Lipinski definition) is 2. The van der Waals surface area contributed by atoms with Crippen LogP contribution in [0, 0.1) is 0 Å². The van der Waals surface area contributed by atoms with Crippen LogP contribution in [-0.4, -0.2) is 31.1 Å². The first-order chi connectivity index (χ1) is 12.9. The average Bonchev–Trinajstić information content (AvgIpc) is 2.96. The molecule has 2 aromatic carbocycles. The second kappa shape index (κ2) is 10.8. The lowest BCUT2D eigenvalue weighted by molar-refractivity contribution is 0.256. The third-order valence-corrected chi connectivity index (χ3v) is 5.00. The zero-order chi connectivity index (χ0) is 17.9. The first-order valence-corrected chi connectivity index (χ1v) is 10.1. The van der Waals surface area contributed by atoms with Gasteiger partial charge in [-0.05, 0) is 56.9 Å². The van der Waals surface area contributed by atoms with E-state index in [9.17, 15) is 0 Å². The van der Waals surface area contributed by atoms with Crippen molar-refractivity contribution in [3.8, 4) is 5.75 Å². The van der Waals surface area contributed by atoms with Crippen molar-refractivity contribution in [2.75, 3.05) is 26.2 Å². The molecule has 0 atom stereocenters. The van der Waals surface area contributed by atoms with Gasteiger partial charge in [-0.25, -0.2) is 0 Å². The second-order valence-corrected chi connectivity index (χ2v) is 7.09. The fourth-order valence-corrected chi connectivity index (χ4v) is 3.48. The van der Waals surface area contributed by atoms with E-state index < -0.39 is 0 Å². The van der Waals surface area contributed by atoms with Crippen molar-refractivity contribution in [3.05, 3.63) is 65.7 Å². The fourth-order valence-electron chi connectivity index (χ4n) is 3.48. The summed E-state index contributed by atoms with van der Waals surface area (Å²) in [5, 5.41) is 0. The highest BCUT2D eigenvalue weighted by atomic mass is 16.5. The Balaban J connectivity index is 1.44. The molecule has 0 bridgehead atoms. The first kappa shape index (κ1) is 18.7. The largest absolute Gasteiger partial charge is 0.493 e. The minimum Gasteiger partial charge on any atom is -0.493 e. The van der Waals surface area contributed by atoms with Gasteiger partial charge in [0.25, 0.3) is 0 Å². The predicted octanol–water partition coefficient (Wildman–Crippen LogP) is 5.89. The molecule has 1 aliphatic rings. The third kappa shape index (κ3) is 6.34. The van der Waals surface area contributed by atoms with E-state index in [1.165, 1.54) is 57.3 Å². The lowest BCUT2D eigenvalue weighted by Gasteiger charge is -2.19. The van der Waals surface area contributed by atoms with Gasteiger partial charge in [-0.15, -0.1) is 0 Å². The summed E-state index contributed by atoms with van der Waals surface area (Å²) in [6.45, 7) is 4.59. The monoisotopic (exact) mass is 349 g/mol. The maximum absolute atomic E-state index is 6.07. The Labute approximate surface area is 158 Å². The van der Waals surface area contributed by atoms with Crippen LogP contribution in [0.5, 0.6) is 5.75 Å². The quantitative estimate of drug-likeness (QED) is 0.435. The molecule has 2 heteroatoms. The molecule has 0 amide bonds. The van der Waals surface area contributed by atoms with Crippen LogP contribution in [0.4, 0.5) is 0 Å². The fraction of sp³-hybridized carbons (Fsp3) is 0.417. The molecule has 1 saturated heterocycles. The van der Waals surface area contributed by atoms with Gasteiger partial charge in [0.05, 0.1) is 6.61 Å². The summed E-state index contributed by atoms with van der Waals surface area (Å²) in [7, 11) is 0. The highest BCUT2D eigenvalue weighted by Gasteiger charge is 2.08. The maximum Gasteiger partial charge on any atom is 0.126 e. The van der Waals surface area contributed by atoms with Crippen LogP contribution in [0.2, 0.25) is 0 Å². The Morgan fingerprint density at radius 3 is 2.31 bits per heavy atom. The van der Waals surface area contributed by atoms with E-state index in [-0.39, 0.29) is 0 Å². The highest BCUT2D eigenvalue weighted by molar-refractivity contribution is 5.72. The number of para-hydroxylation sites is 1. The number of likely N-dealkylation sites (tertiary alicyclic amines) is 1. The summed E-state index contributed by atoms with van der Waals surface area (Å²) >= 11 is 0. The van der Waals surface area contributed by atoms with Crippen molar-refractivity contribution in [2.45, 2.75) is 38.5 Å². The SMILES string of the molecule is C(=Cc1ccccc1OCCCCN1CCCCCC1)c1ccccc1. The Hall–Kier alpha value is -2.06. The molecule has 0 aliphatic carbocycles. The molecular weight excluding hydrogens is 318 g/mol. The van der Waals surface area contributed by atoms with E-state index >= 15 is 0 Å². The number of unbranched alkanes of at least 4 members (excludes halogenated alkanes) is 1. The summed E-state index contributed by atoms with van der Waals surface area (Å²) in [6.07, 6.45) is 12.2. The van der Waals surface area contributed by atoms with Gasteiger partial charge in [0.1, 0.15) is 5.75 Å². The summed E-state index contributed by atoms with van der Waals surface area (Å²) in [4.78, 5) is 2.63. The molecular formula is C24H31NO. The van der Waals surface area contributed by atoms with Crippen LogP contribution in [-0.2, 0) is 0 Å². The Kier molecular flexibility index (Phi) is 7.79. The van der Waals surface area contributed by atoms with Gasteiger partial charge in [0.2, 0.25) is 0 Å². The summed E-state index contributed by atoms with van der Waals surface area (Å²) < 4.78 is 6.07. The maximum atomic E-state index is 6.07. The molecule has 0 radical (unpaired) electrons. The van der Waals surface area contributed by atoms with Gasteiger partial charge in [-0.2, -0.15) is 0 Å². The molecule has 26 heavy (non-hydrogen) atoms. The minimum absolute atomic E-state index is 0.796. The minimum atomic E-state index is 0.796. The van der Waals surface area contributed by atoms with E-state index in [0.717, 1.165) is 24.3 Å². The number of hydrogen-bond donors (Lipinski definition) is 0. The summed E-state index contributed by atoms with van der Waals surface area (Å²) in [6, 6.07) is 18.7. The van der Waals surface area contributed by atoms with E-state index in [1.54, 1.807) is 0 Å². The van der Waals surface area contributed by atoms with Crippen molar-refractivity contribution in [1.82, 2.24) is 4.90 Å². The Morgan fingerprint density at radius 1 is 0.769 bits per heavy atom. The number of benzene rings is 2. The molecule has 1 fully saturated rings.